The average molecular weight is 192 g/mol. The zero-order chi connectivity index (χ0) is 10.1. The highest BCUT2D eigenvalue weighted by Crippen LogP contribution is 2.38. The predicted octanol–water partition coefficient (Wildman–Crippen LogP) is 2.96. The van der Waals surface area contributed by atoms with Crippen molar-refractivity contribution in [2.75, 3.05) is 0 Å². The molecule has 1 aliphatic rings. The van der Waals surface area contributed by atoms with Crippen LogP contribution in [0.4, 0.5) is 0 Å². The number of nitrogens with zero attached hydrogens (tertiary/aromatic N) is 2. The molecule has 0 amide bonds. The van der Waals surface area contributed by atoms with Crippen molar-refractivity contribution in [3.8, 4) is 0 Å². The molecule has 3 atom stereocenters. The van der Waals surface area contributed by atoms with E-state index < -0.39 is 0 Å². The third-order valence-corrected chi connectivity index (χ3v) is 3.79. The van der Waals surface area contributed by atoms with Gasteiger partial charge in [-0.05, 0) is 42.6 Å². The highest BCUT2D eigenvalue weighted by atomic mass is 15.2. The minimum Gasteiger partial charge on any atom is -0.276 e. The van der Waals surface area contributed by atoms with E-state index in [-0.39, 0.29) is 0 Å². The lowest BCUT2D eigenvalue weighted by Gasteiger charge is -2.31. The van der Waals surface area contributed by atoms with Crippen molar-refractivity contribution in [1.82, 2.24) is 9.78 Å². The Balaban J connectivity index is 2.06. The van der Waals surface area contributed by atoms with Gasteiger partial charge in [0, 0.05) is 13.2 Å². The van der Waals surface area contributed by atoms with Crippen LogP contribution in [0, 0.1) is 11.8 Å². The van der Waals surface area contributed by atoms with E-state index in [0.29, 0.717) is 0 Å². The van der Waals surface area contributed by atoms with Gasteiger partial charge in [0.05, 0.1) is 6.20 Å². The number of hydrogen-bond donors (Lipinski definition) is 0. The summed E-state index contributed by atoms with van der Waals surface area (Å²) in [6, 6.07) is 0. The molecule has 1 saturated carbocycles. The maximum absolute atomic E-state index is 4.25. The smallest absolute Gasteiger partial charge is 0.0524 e. The van der Waals surface area contributed by atoms with Crippen LogP contribution in [0.3, 0.4) is 0 Å². The second-order valence-corrected chi connectivity index (χ2v) is 4.91. The summed E-state index contributed by atoms with van der Waals surface area (Å²) in [6.07, 6.45) is 8.27. The van der Waals surface area contributed by atoms with Crippen molar-refractivity contribution in [3.63, 3.8) is 0 Å². The Labute approximate surface area is 86.3 Å². The molecule has 0 saturated heterocycles. The largest absolute Gasteiger partial charge is 0.276 e. The number of aryl methyl sites for hydroxylation is 1. The molecule has 2 nitrogen and oxygen atoms in total. The standard InChI is InChI=1S/C12H20N2/c1-9-4-5-11(6-10(9)2)12-7-13-14(3)8-12/h7-11H,4-6H2,1-3H3. The fourth-order valence-electron chi connectivity index (χ4n) is 2.50. The van der Waals surface area contributed by atoms with Crippen LogP contribution < -0.4 is 0 Å². The van der Waals surface area contributed by atoms with Crippen LogP contribution >= 0.6 is 0 Å². The van der Waals surface area contributed by atoms with Gasteiger partial charge >= 0.3 is 0 Å². The first kappa shape index (κ1) is 9.75. The molecule has 2 heteroatoms. The summed E-state index contributed by atoms with van der Waals surface area (Å²) >= 11 is 0. The van der Waals surface area contributed by atoms with Crippen LogP contribution in [0.25, 0.3) is 0 Å². The minimum absolute atomic E-state index is 0.759. The van der Waals surface area contributed by atoms with Crippen LogP contribution in [0.15, 0.2) is 12.4 Å². The van der Waals surface area contributed by atoms with Crippen LogP contribution in [-0.4, -0.2) is 9.78 Å². The van der Waals surface area contributed by atoms with Gasteiger partial charge in [-0.3, -0.25) is 4.68 Å². The van der Waals surface area contributed by atoms with Crippen LogP contribution in [0.2, 0.25) is 0 Å². The van der Waals surface area contributed by atoms with Gasteiger partial charge in [-0.2, -0.15) is 5.10 Å². The quantitative estimate of drug-likeness (QED) is 0.669. The van der Waals surface area contributed by atoms with Gasteiger partial charge in [0.1, 0.15) is 0 Å². The van der Waals surface area contributed by atoms with Crippen LogP contribution in [0.5, 0.6) is 0 Å². The minimum atomic E-state index is 0.759. The molecular weight excluding hydrogens is 172 g/mol. The zero-order valence-corrected chi connectivity index (χ0v) is 9.40. The van der Waals surface area contributed by atoms with Crippen molar-refractivity contribution < 1.29 is 0 Å². The van der Waals surface area contributed by atoms with Crippen LogP contribution in [0.1, 0.15) is 44.6 Å². The van der Waals surface area contributed by atoms with Crippen LogP contribution in [-0.2, 0) is 7.05 Å². The highest BCUT2D eigenvalue weighted by molar-refractivity contribution is 5.12. The lowest BCUT2D eigenvalue weighted by molar-refractivity contribution is 0.250. The molecule has 2 rings (SSSR count). The number of hydrogen-bond acceptors (Lipinski definition) is 1. The van der Waals surface area contributed by atoms with Gasteiger partial charge in [-0.1, -0.05) is 13.8 Å². The molecular formula is C12H20N2. The predicted molar refractivity (Wildman–Crippen MR) is 58.1 cm³/mol. The summed E-state index contributed by atoms with van der Waals surface area (Å²) in [4.78, 5) is 0. The van der Waals surface area contributed by atoms with E-state index in [2.05, 4.69) is 25.1 Å². The lowest BCUT2D eigenvalue weighted by Crippen LogP contribution is -2.19. The average Bonchev–Trinajstić information content (AvgIpc) is 2.57. The van der Waals surface area contributed by atoms with Gasteiger partial charge in [0.15, 0.2) is 0 Å². The fourth-order valence-corrected chi connectivity index (χ4v) is 2.50. The molecule has 0 radical (unpaired) electrons. The molecule has 0 aromatic carbocycles. The summed E-state index contributed by atoms with van der Waals surface area (Å²) in [5.74, 6) is 2.53. The maximum atomic E-state index is 4.25. The highest BCUT2D eigenvalue weighted by Gasteiger charge is 2.25. The fraction of sp³-hybridized carbons (Fsp3) is 0.750. The molecule has 14 heavy (non-hydrogen) atoms. The second kappa shape index (κ2) is 3.76. The Kier molecular flexibility index (Phi) is 2.62. The third kappa shape index (κ3) is 1.84. The zero-order valence-electron chi connectivity index (χ0n) is 9.40. The Morgan fingerprint density at radius 3 is 2.64 bits per heavy atom. The molecule has 78 valence electrons. The van der Waals surface area contributed by atoms with Gasteiger partial charge < -0.3 is 0 Å². The first-order valence-corrected chi connectivity index (χ1v) is 5.65. The van der Waals surface area contributed by atoms with Crippen molar-refractivity contribution in [1.29, 1.82) is 0 Å². The molecule has 0 aliphatic heterocycles. The summed E-state index contributed by atoms with van der Waals surface area (Å²) in [5, 5.41) is 4.25. The normalized spacial score (nSPS) is 33.2. The van der Waals surface area contributed by atoms with Crippen molar-refractivity contribution in [2.24, 2.45) is 18.9 Å². The van der Waals surface area contributed by atoms with E-state index in [1.807, 2.05) is 17.9 Å². The number of rotatable bonds is 1. The van der Waals surface area contributed by atoms with Crippen molar-refractivity contribution >= 4 is 0 Å². The summed E-state index contributed by atoms with van der Waals surface area (Å²) < 4.78 is 1.91. The molecule has 0 N–H and O–H groups in total. The molecule has 0 bridgehead atoms. The Hall–Kier alpha value is -0.790. The molecule has 1 aromatic rings. The van der Waals surface area contributed by atoms with E-state index in [0.717, 1.165) is 17.8 Å². The summed E-state index contributed by atoms with van der Waals surface area (Å²) in [7, 11) is 2.00. The van der Waals surface area contributed by atoms with E-state index in [1.54, 1.807) is 0 Å². The molecule has 0 spiro atoms. The topological polar surface area (TPSA) is 17.8 Å². The monoisotopic (exact) mass is 192 g/mol. The van der Waals surface area contributed by atoms with E-state index in [4.69, 9.17) is 0 Å². The van der Waals surface area contributed by atoms with Crippen molar-refractivity contribution in [3.05, 3.63) is 18.0 Å². The van der Waals surface area contributed by atoms with E-state index in [9.17, 15) is 0 Å². The SMILES string of the molecule is CC1CCC(c2cnn(C)c2)CC1C. The summed E-state index contributed by atoms with van der Waals surface area (Å²) in [6.45, 7) is 4.76. The second-order valence-electron chi connectivity index (χ2n) is 4.91. The van der Waals surface area contributed by atoms with E-state index >= 15 is 0 Å². The van der Waals surface area contributed by atoms with Gasteiger partial charge in [0.25, 0.3) is 0 Å². The third-order valence-electron chi connectivity index (χ3n) is 3.79. The molecule has 1 aliphatic carbocycles. The lowest BCUT2D eigenvalue weighted by atomic mass is 9.74. The molecule has 1 heterocycles. The van der Waals surface area contributed by atoms with Gasteiger partial charge in [-0.25, -0.2) is 0 Å². The Bertz CT molecular complexity index is 303. The van der Waals surface area contributed by atoms with E-state index in [1.165, 1.54) is 24.8 Å². The molecule has 1 aromatic heterocycles. The number of aromatic nitrogens is 2. The van der Waals surface area contributed by atoms with Gasteiger partial charge in [0.2, 0.25) is 0 Å². The summed E-state index contributed by atoms with van der Waals surface area (Å²) in [5.41, 5.74) is 1.44. The Morgan fingerprint density at radius 2 is 2.07 bits per heavy atom. The molecule has 3 unspecified atom stereocenters. The molecule has 1 fully saturated rings. The first-order chi connectivity index (χ1) is 6.66. The maximum Gasteiger partial charge on any atom is 0.0524 e. The van der Waals surface area contributed by atoms with Gasteiger partial charge in [-0.15, -0.1) is 0 Å². The Morgan fingerprint density at radius 1 is 1.29 bits per heavy atom. The van der Waals surface area contributed by atoms with Crippen molar-refractivity contribution in [2.45, 2.75) is 39.0 Å². The first-order valence-electron chi connectivity index (χ1n) is 5.65.